The van der Waals surface area contributed by atoms with Crippen LogP contribution in [0.1, 0.15) is 17.7 Å². The molecular formula is C22H20N4O2S. The van der Waals surface area contributed by atoms with Gasteiger partial charge in [-0.2, -0.15) is 0 Å². The zero-order valence-corrected chi connectivity index (χ0v) is 17.0. The van der Waals surface area contributed by atoms with Crippen LogP contribution in [0, 0.1) is 13.8 Å². The van der Waals surface area contributed by atoms with E-state index in [9.17, 15) is 9.59 Å². The smallest absolute Gasteiger partial charge is 0.261 e. The van der Waals surface area contributed by atoms with Crippen molar-refractivity contribution in [2.75, 3.05) is 5.32 Å². The fraction of sp³-hybridized carbons (Fsp3) is 0.182. The maximum absolute atomic E-state index is 12.6. The molecule has 0 radical (unpaired) electrons. The number of rotatable bonds is 5. The summed E-state index contributed by atoms with van der Waals surface area (Å²) in [5.74, 6) is -0.186. The number of nitrogens with one attached hydrogen (secondary N) is 1. The van der Waals surface area contributed by atoms with E-state index in [-0.39, 0.29) is 24.4 Å². The van der Waals surface area contributed by atoms with Gasteiger partial charge in [0.2, 0.25) is 5.91 Å². The van der Waals surface area contributed by atoms with Crippen molar-refractivity contribution in [3.05, 3.63) is 76.5 Å². The van der Waals surface area contributed by atoms with Crippen molar-refractivity contribution in [3.8, 4) is 10.4 Å². The molecule has 0 unspecified atom stereocenters. The molecular weight excluding hydrogens is 384 g/mol. The summed E-state index contributed by atoms with van der Waals surface area (Å²) in [5.41, 5.74) is 3.47. The van der Waals surface area contributed by atoms with Gasteiger partial charge in [0.25, 0.3) is 5.56 Å². The summed E-state index contributed by atoms with van der Waals surface area (Å²) in [6.07, 6.45) is 1.67. The van der Waals surface area contributed by atoms with Crippen LogP contribution >= 0.6 is 11.3 Å². The van der Waals surface area contributed by atoms with Crippen molar-refractivity contribution in [2.24, 2.45) is 0 Å². The minimum Gasteiger partial charge on any atom is -0.302 e. The average Bonchev–Trinajstić information content (AvgIpc) is 3.08. The predicted octanol–water partition coefficient (Wildman–Crippen LogP) is 4.17. The van der Waals surface area contributed by atoms with Crippen molar-refractivity contribution in [1.82, 2.24) is 14.5 Å². The molecule has 0 aliphatic carbocycles. The molecule has 0 aliphatic heterocycles. The lowest BCUT2D eigenvalue weighted by atomic mass is 10.1. The largest absolute Gasteiger partial charge is 0.302 e. The third kappa shape index (κ3) is 3.95. The van der Waals surface area contributed by atoms with Crippen LogP contribution in [-0.4, -0.2) is 20.4 Å². The second-order valence-corrected chi connectivity index (χ2v) is 7.81. The molecule has 7 heteroatoms. The van der Waals surface area contributed by atoms with E-state index in [1.165, 1.54) is 22.2 Å². The van der Waals surface area contributed by atoms with Gasteiger partial charge in [-0.1, -0.05) is 53.8 Å². The summed E-state index contributed by atoms with van der Waals surface area (Å²) in [6, 6.07) is 15.5. The van der Waals surface area contributed by atoms with Crippen molar-refractivity contribution in [2.45, 2.75) is 26.8 Å². The highest BCUT2D eigenvalue weighted by molar-refractivity contribution is 7.19. The summed E-state index contributed by atoms with van der Waals surface area (Å²) in [5, 5.41) is 3.97. The number of amides is 1. The number of carbonyl (C=O) groups excluding carboxylic acids is 1. The molecule has 2 heterocycles. The number of benzene rings is 2. The van der Waals surface area contributed by atoms with E-state index in [4.69, 9.17) is 0 Å². The van der Waals surface area contributed by atoms with E-state index >= 15 is 0 Å². The number of thiazole rings is 1. The molecule has 0 aliphatic rings. The first-order chi connectivity index (χ1) is 14.0. The first-order valence-corrected chi connectivity index (χ1v) is 10.1. The molecule has 0 atom stereocenters. The van der Waals surface area contributed by atoms with E-state index in [0.717, 1.165) is 21.7 Å². The summed E-state index contributed by atoms with van der Waals surface area (Å²) in [6.45, 7) is 4.11. The normalized spacial score (nSPS) is 11.0. The molecule has 4 rings (SSSR count). The van der Waals surface area contributed by atoms with Gasteiger partial charge in [-0.25, -0.2) is 9.97 Å². The zero-order chi connectivity index (χ0) is 20.4. The highest BCUT2D eigenvalue weighted by Gasteiger charge is 2.13. The van der Waals surface area contributed by atoms with Crippen molar-refractivity contribution < 1.29 is 4.79 Å². The van der Waals surface area contributed by atoms with Gasteiger partial charge in [-0.3, -0.25) is 14.2 Å². The lowest BCUT2D eigenvalue weighted by Gasteiger charge is -2.07. The van der Waals surface area contributed by atoms with Crippen LogP contribution in [0.5, 0.6) is 0 Å². The lowest BCUT2D eigenvalue weighted by Crippen LogP contribution is -2.23. The van der Waals surface area contributed by atoms with Crippen molar-refractivity contribution in [3.63, 3.8) is 0 Å². The minimum absolute atomic E-state index is 0.136. The van der Waals surface area contributed by atoms with Crippen LogP contribution in [0.3, 0.4) is 0 Å². The Morgan fingerprint density at radius 1 is 1.10 bits per heavy atom. The molecule has 29 heavy (non-hydrogen) atoms. The highest BCUT2D eigenvalue weighted by atomic mass is 32.1. The first kappa shape index (κ1) is 19.0. The molecule has 0 fully saturated rings. The van der Waals surface area contributed by atoms with E-state index in [0.29, 0.717) is 16.0 Å². The number of fused-ring (bicyclic) bond motifs is 1. The van der Waals surface area contributed by atoms with Gasteiger partial charge in [0.05, 0.1) is 27.8 Å². The van der Waals surface area contributed by atoms with Crippen LogP contribution in [0.4, 0.5) is 5.13 Å². The Bertz CT molecular complexity index is 1240. The molecule has 0 bridgehead atoms. The monoisotopic (exact) mass is 404 g/mol. The van der Waals surface area contributed by atoms with Crippen LogP contribution in [0.25, 0.3) is 21.3 Å². The fourth-order valence-corrected chi connectivity index (χ4v) is 4.20. The molecule has 2 aromatic heterocycles. The van der Waals surface area contributed by atoms with Gasteiger partial charge >= 0.3 is 0 Å². The van der Waals surface area contributed by atoms with Crippen LogP contribution < -0.4 is 10.9 Å². The Labute approximate surface area is 171 Å². The van der Waals surface area contributed by atoms with Crippen LogP contribution in [0.2, 0.25) is 0 Å². The maximum atomic E-state index is 12.6. The van der Waals surface area contributed by atoms with Gasteiger partial charge in [-0.05, 0) is 31.0 Å². The third-order valence-electron chi connectivity index (χ3n) is 4.71. The van der Waals surface area contributed by atoms with E-state index in [1.807, 2.05) is 56.3 Å². The van der Waals surface area contributed by atoms with Gasteiger partial charge in [0.1, 0.15) is 0 Å². The fourth-order valence-electron chi connectivity index (χ4n) is 3.21. The summed E-state index contributed by atoms with van der Waals surface area (Å²) in [7, 11) is 0. The molecule has 2 aromatic carbocycles. The van der Waals surface area contributed by atoms with E-state index in [2.05, 4.69) is 15.3 Å². The quantitative estimate of drug-likeness (QED) is 0.542. The molecule has 0 saturated heterocycles. The molecule has 0 spiro atoms. The molecule has 1 amide bonds. The molecule has 0 saturated carbocycles. The second kappa shape index (κ2) is 7.97. The predicted molar refractivity (Wildman–Crippen MR) is 116 cm³/mol. The van der Waals surface area contributed by atoms with Gasteiger partial charge in [-0.15, -0.1) is 0 Å². The topological polar surface area (TPSA) is 76.9 Å². The van der Waals surface area contributed by atoms with Gasteiger partial charge in [0.15, 0.2) is 5.13 Å². The van der Waals surface area contributed by atoms with Crippen molar-refractivity contribution in [1.29, 1.82) is 0 Å². The molecule has 146 valence electrons. The molecule has 4 aromatic rings. The van der Waals surface area contributed by atoms with Crippen molar-refractivity contribution >= 4 is 33.3 Å². The zero-order valence-electron chi connectivity index (χ0n) is 16.2. The summed E-state index contributed by atoms with van der Waals surface area (Å²) < 4.78 is 1.48. The number of carbonyl (C=O) groups is 1. The standard InChI is InChI=1S/C22H20N4O2S/c1-14-7-6-10-17-19(14)23-13-26(21(17)28)12-11-18(27)25-22-24-15(2)20(29-22)16-8-4-3-5-9-16/h3-10,13H,11-12H2,1-2H3,(H,24,25,27). The number of para-hydroxylation sites is 1. The third-order valence-corrected chi connectivity index (χ3v) is 5.84. The molecule has 6 nitrogen and oxygen atoms in total. The van der Waals surface area contributed by atoms with E-state index in [1.54, 1.807) is 6.07 Å². The number of hydrogen-bond donors (Lipinski definition) is 1. The number of aromatic nitrogens is 3. The summed E-state index contributed by atoms with van der Waals surface area (Å²) >= 11 is 1.45. The Kier molecular flexibility index (Phi) is 5.22. The number of anilines is 1. The SMILES string of the molecule is Cc1nc(NC(=O)CCn2cnc3c(C)cccc3c2=O)sc1-c1ccccc1. The Balaban J connectivity index is 1.46. The lowest BCUT2D eigenvalue weighted by molar-refractivity contribution is -0.116. The van der Waals surface area contributed by atoms with Crippen LogP contribution in [0.15, 0.2) is 59.7 Å². The minimum atomic E-state index is -0.186. The highest BCUT2D eigenvalue weighted by Crippen LogP contribution is 2.32. The second-order valence-electron chi connectivity index (χ2n) is 6.81. The molecule has 1 N–H and O–H groups in total. The summed E-state index contributed by atoms with van der Waals surface area (Å²) in [4.78, 5) is 34.9. The number of nitrogens with zero attached hydrogens (tertiary/aromatic N) is 3. The number of hydrogen-bond acceptors (Lipinski definition) is 5. The number of aryl methyl sites for hydroxylation is 3. The Morgan fingerprint density at radius 2 is 1.90 bits per heavy atom. The van der Waals surface area contributed by atoms with Gasteiger partial charge < -0.3 is 5.32 Å². The Hall–Kier alpha value is -3.32. The average molecular weight is 404 g/mol. The van der Waals surface area contributed by atoms with E-state index < -0.39 is 0 Å². The maximum Gasteiger partial charge on any atom is 0.261 e. The Morgan fingerprint density at radius 3 is 2.69 bits per heavy atom. The van der Waals surface area contributed by atoms with Gasteiger partial charge in [0, 0.05) is 13.0 Å². The van der Waals surface area contributed by atoms with Crippen LogP contribution in [-0.2, 0) is 11.3 Å². The first-order valence-electron chi connectivity index (χ1n) is 9.30.